The van der Waals surface area contributed by atoms with Crippen LogP contribution in [0.2, 0.25) is 0 Å². The lowest BCUT2D eigenvalue weighted by Crippen LogP contribution is -2.52. The van der Waals surface area contributed by atoms with Crippen LogP contribution in [-0.4, -0.2) is 56.5 Å². The smallest absolute Gasteiger partial charge is 0.408 e. The van der Waals surface area contributed by atoms with Gasteiger partial charge in [0.05, 0.1) is 18.7 Å². The largest absolute Gasteiger partial charge is 0.444 e. The minimum atomic E-state index is -0.517. The predicted octanol–water partition coefficient (Wildman–Crippen LogP) is 2.89. The first kappa shape index (κ1) is 26.5. The fourth-order valence-corrected chi connectivity index (χ4v) is 2.05. The third kappa shape index (κ3) is 12.3. The maximum absolute atomic E-state index is 12.1. The topological polar surface area (TPSA) is 84.0 Å². The zero-order valence-electron chi connectivity index (χ0n) is 16.8. The Balaban J connectivity index is 0. The quantitative estimate of drug-likeness (QED) is 0.208. The second-order valence-electron chi connectivity index (χ2n) is 6.73. The number of hydrogen-bond acceptors (Lipinski definition) is 4. The standard InChI is InChI=1S/C17H36N4O3.HI/c1-8-17(9-2,21-15(22)24-16(4,5)6)13-20-14(18-10-3)19-11-12-23-7;/h8-13H2,1-7H3,(H,21,22)(H2,18,19,20);1H. The van der Waals surface area contributed by atoms with E-state index >= 15 is 0 Å². The van der Waals surface area contributed by atoms with Crippen molar-refractivity contribution in [1.29, 1.82) is 0 Å². The van der Waals surface area contributed by atoms with Gasteiger partial charge >= 0.3 is 6.09 Å². The molecule has 0 unspecified atom stereocenters. The Morgan fingerprint density at radius 1 is 1.08 bits per heavy atom. The summed E-state index contributed by atoms with van der Waals surface area (Å²) in [4.78, 5) is 16.8. The van der Waals surface area contributed by atoms with Crippen molar-refractivity contribution in [1.82, 2.24) is 16.0 Å². The van der Waals surface area contributed by atoms with E-state index in [4.69, 9.17) is 9.47 Å². The van der Waals surface area contributed by atoms with Crippen LogP contribution in [0.4, 0.5) is 4.79 Å². The highest BCUT2D eigenvalue weighted by Crippen LogP contribution is 2.17. The fourth-order valence-electron chi connectivity index (χ4n) is 2.05. The Labute approximate surface area is 170 Å². The van der Waals surface area contributed by atoms with Gasteiger partial charge in [-0.3, -0.25) is 4.99 Å². The number of carbonyl (C=O) groups is 1. The number of methoxy groups -OCH3 is 1. The SMILES string of the molecule is CCNC(=NCC(CC)(CC)NC(=O)OC(C)(C)C)NCCOC.I. The number of ether oxygens (including phenoxy) is 2. The molecule has 0 atom stereocenters. The highest BCUT2D eigenvalue weighted by molar-refractivity contribution is 14.0. The number of carbonyl (C=O) groups excluding carboxylic acids is 1. The summed E-state index contributed by atoms with van der Waals surface area (Å²) in [6.07, 6.45) is 1.13. The third-order valence-corrected chi connectivity index (χ3v) is 3.60. The summed E-state index contributed by atoms with van der Waals surface area (Å²) >= 11 is 0. The molecule has 0 heterocycles. The summed E-state index contributed by atoms with van der Waals surface area (Å²) in [5, 5.41) is 9.40. The molecule has 1 amide bonds. The summed E-state index contributed by atoms with van der Waals surface area (Å²) in [5.74, 6) is 0.715. The van der Waals surface area contributed by atoms with Gasteiger partial charge in [-0.1, -0.05) is 13.8 Å². The second-order valence-corrected chi connectivity index (χ2v) is 6.73. The molecular formula is C17H37IN4O3. The van der Waals surface area contributed by atoms with Crippen molar-refractivity contribution in [2.45, 2.75) is 65.5 Å². The molecule has 7 nitrogen and oxygen atoms in total. The van der Waals surface area contributed by atoms with Crippen molar-refractivity contribution in [2.75, 3.05) is 33.4 Å². The van der Waals surface area contributed by atoms with Crippen molar-refractivity contribution >= 4 is 36.0 Å². The molecule has 0 fully saturated rings. The van der Waals surface area contributed by atoms with Crippen LogP contribution in [0.1, 0.15) is 54.4 Å². The van der Waals surface area contributed by atoms with Crippen LogP contribution in [0.15, 0.2) is 4.99 Å². The maximum atomic E-state index is 12.1. The minimum Gasteiger partial charge on any atom is -0.444 e. The third-order valence-electron chi connectivity index (χ3n) is 3.60. The molecule has 0 bridgehead atoms. The number of alkyl carbamates (subject to hydrolysis) is 1. The van der Waals surface area contributed by atoms with Crippen molar-refractivity contribution in [3.05, 3.63) is 0 Å². The average molecular weight is 472 g/mol. The normalized spacial score (nSPS) is 12.2. The minimum absolute atomic E-state index is 0. The van der Waals surface area contributed by atoms with Crippen molar-refractivity contribution in [3.8, 4) is 0 Å². The Kier molecular flexibility index (Phi) is 14.2. The molecule has 8 heteroatoms. The molecule has 0 aliphatic heterocycles. The van der Waals surface area contributed by atoms with Crippen molar-refractivity contribution in [2.24, 2.45) is 4.99 Å². The molecule has 25 heavy (non-hydrogen) atoms. The fraction of sp³-hybridized carbons (Fsp3) is 0.882. The number of halogens is 1. The molecule has 150 valence electrons. The van der Waals surface area contributed by atoms with Gasteiger partial charge in [0.15, 0.2) is 5.96 Å². The van der Waals surface area contributed by atoms with Crippen LogP contribution in [0.5, 0.6) is 0 Å². The number of nitrogens with zero attached hydrogens (tertiary/aromatic N) is 1. The van der Waals surface area contributed by atoms with Crippen LogP contribution >= 0.6 is 24.0 Å². The van der Waals surface area contributed by atoms with Gasteiger partial charge < -0.3 is 25.4 Å². The van der Waals surface area contributed by atoms with Gasteiger partial charge in [0.2, 0.25) is 0 Å². The van der Waals surface area contributed by atoms with Gasteiger partial charge in [0.25, 0.3) is 0 Å². The van der Waals surface area contributed by atoms with E-state index in [0.29, 0.717) is 25.7 Å². The molecule has 0 aliphatic carbocycles. The molecule has 0 aromatic rings. The molecule has 0 saturated heterocycles. The van der Waals surface area contributed by atoms with E-state index in [2.05, 4.69) is 20.9 Å². The summed E-state index contributed by atoms with van der Waals surface area (Å²) < 4.78 is 10.4. The van der Waals surface area contributed by atoms with Crippen LogP contribution in [0.25, 0.3) is 0 Å². The summed E-state index contributed by atoms with van der Waals surface area (Å²) in [6.45, 7) is 14.2. The van der Waals surface area contributed by atoms with Crippen molar-refractivity contribution in [3.63, 3.8) is 0 Å². The maximum Gasteiger partial charge on any atom is 0.408 e. The van der Waals surface area contributed by atoms with Crippen LogP contribution in [-0.2, 0) is 9.47 Å². The van der Waals surface area contributed by atoms with Crippen LogP contribution < -0.4 is 16.0 Å². The summed E-state index contributed by atoms with van der Waals surface area (Å²) in [6, 6.07) is 0. The Morgan fingerprint density at radius 3 is 2.12 bits per heavy atom. The summed E-state index contributed by atoms with van der Waals surface area (Å²) in [7, 11) is 1.66. The molecule has 0 rings (SSSR count). The lowest BCUT2D eigenvalue weighted by Gasteiger charge is -2.32. The molecule has 0 radical (unpaired) electrons. The average Bonchev–Trinajstić information content (AvgIpc) is 2.49. The van der Waals surface area contributed by atoms with E-state index in [9.17, 15) is 4.79 Å². The van der Waals surface area contributed by atoms with Gasteiger partial charge in [-0.15, -0.1) is 24.0 Å². The van der Waals surface area contributed by atoms with Gasteiger partial charge in [0, 0.05) is 20.2 Å². The molecule has 0 aromatic carbocycles. The first-order valence-electron chi connectivity index (χ1n) is 8.74. The van der Waals surface area contributed by atoms with E-state index in [1.807, 2.05) is 41.5 Å². The van der Waals surface area contributed by atoms with Gasteiger partial charge in [-0.05, 0) is 40.5 Å². The van der Waals surface area contributed by atoms with E-state index in [1.54, 1.807) is 7.11 Å². The summed E-state index contributed by atoms with van der Waals surface area (Å²) in [5.41, 5.74) is -0.941. The Morgan fingerprint density at radius 2 is 1.68 bits per heavy atom. The van der Waals surface area contributed by atoms with Gasteiger partial charge in [-0.25, -0.2) is 4.79 Å². The molecule has 3 N–H and O–H groups in total. The van der Waals surface area contributed by atoms with E-state index in [1.165, 1.54) is 0 Å². The molecule has 0 aliphatic rings. The number of rotatable bonds is 9. The zero-order valence-corrected chi connectivity index (χ0v) is 19.2. The number of nitrogens with one attached hydrogen (secondary N) is 3. The highest BCUT2D eigenvalue weighted by atomic mass is 127. The molecule has 0 saturated carbocycles. The lowest BCUT2D eigenvalue weighted by atomic mass is 9.93. The Hall–Kier alpha value is -0.770. The number of hydrogen-bond donors (Lipinski definition) is 3. The first-order valence-corrected chi connectivity index (χ1v) is 8.74. The number of amides is 1. The van der Waals surface area contributed by atoms with Crippen LogP contribution in [0.3, 0.4) is 0 Å². The Bertz CT molecular complexity index is 394. The number of guanidine groups is 1. The second kappa shape index (κ2) is 13.4. The molecule has 0 spiro atoms. The molecular weight excluding hydrogens is 435 g/mol. The van der Waals surface area contributed by atoms with E-state index < -0.39 is 17.2 Å². The highest BCUT2D eigenvalue weighted by Gasteiger charge is 2.30. The first-order chi connectivity index (χ1) is 11.2. The van der Waals surface area contributed by atoms with Crippen molar-refractivity contribution < 1.29 is 14.3 Å². The van der Waals surface area contributed by atoms with Gasteiger partial charge in [0.1, 0.15) is 5.60 Å². The van der Waals surface area contributed by atoms with E-state index in [-0.39, 0.29) is 24.0 Å². The molecule has 0 aromatic heterocycles. The van der Waals surface area contributed by atoms with Gasteiger partial charge in [-0.2, -0.15) is 0 Å². The predicted molar refractivity (Wildman–Crippen MR) is 114 cm³/mol. The van der Waals surface area contributed by atoms with E-state index in [0.717, 1.165) is 19.4 Å². The zero-order chi connectivity index (χ0) is 18.6. The van der Waals surface area contributed by atoms with Crippen LogP contribution in [0, 0.1) is 0 Å². The lowest BCUT2D eigenvalue weighted by molar-refractivity contribution is 0.0452. The monoisotopic (exact) mass is 472 g/mol. The number of aliphatic imine (C=N–C) groups is 1.